The van der Waals surface area contributed by atoms with Gasteiger partial charge in [0.2, 0.25) is 5.78 Å². The van der Waals surface area contributed by atoms with E-state index in [9.17, 15) is 14.4 Å². The molecule has 0 rings (SSSR count). The number of hydrogen-bond acceptors (Lipinski definition) is 3. The fourth-order valence-electron chi connectivity index (χ4n) is 1.01. The van der Waals surface area contributed by atoms with Crippen LogP contribution in [0, 0.1) is 0 Å². The highest BCUT2D eigenvalue weighted by molar-refractivity contribution is 6.38. The van der Waals surface area contributed by atoms with Gasteiger partial charge in [0.05, 0.1) is 0 Å². The molecular formula is C9H16N2O3. The predicted molar refractivity (Wildman–Crippen MR) is 51.5 cm³/mol. The van der Waals surface area contributed by atoms with Crippen molar-refractivity contribution in [1.29, 1.82) is 0 Å². The van der Waals surface area contributed by atoms with Gasteiger partial charge in [-0.1, -0.05) is 26.2 Å². The maximum absolute atomic E-state index is 11.0. The topological polar surface area (TPSA) is 89.3 Å². The SMILES string of the molecule is CCCCCCC(=O)C(=O)NC(N)=O. The summed E-state index contributed by atoms with van der Waals surface area (Å²) in [5, 5.41) is 1.73. The van der Waals surface area contributed by atoms with Crippen LogP contribution in [0.25, 0.3) is 0 Å². The molecule has 0 aliphatic carbocycles. The Bertz CT molecular complexity index is 226. The average Bonchev–Trinajstić information content (AvgIpc) is 2.11. The number of carbonyl (C=O) groups excluding carboxylic acids is 3. The van der Waals surface area contributed by atoms with Gasteiger partial charge in [0.1, 0.15) is 0 Å². The third kappa shape index (κ3) is 6.16. The number of unbranched alkanes of at least 4 members (excludes halogenated alkanes) is 3. The minimum Gasteiger partial charge on any atom is -0.351 e. The van der Waals surface area contributed by atoms with E-state index in [2.05, 4.69) is 12.7 Å². The van der Waals surface area contributed by atoms with Gasteiger partial charge >= 0.3 is 6.03 Å². The molecule has 0 aromatic carbocycles. The van der Waals surface area contributed by atoms with Gasteiger partial charge in [-0.25, -0.2) is 4.79 Å². The van der Waals surface area contributed by atoms with Gasteiger partial charge in [-0.05, 0) is 6.42 Å². The summed E-state index contributed by atoms with van der Waals surface area (Å²) >= 11 is 0. The molecule has 0 saturated heterocycles. The van der Waals surface area contributed by atoms with Gasteiger partial charge in [-0.15, -0.1) is 0 Å². The second-order valence-corrected chi connectivity index (χ2v) is 3.05. The number of Topliss-reactive ketones (excluding diaryl/α,β-unsaturated/α-hetero) is 1. The molecule has 0 bridgehead atoms. The highest BCUT2D eigenvalue weighted by Gasteiger charge is 2.13. The lowest BCUT2D eigenvalue weighted by molar-refractivity contribution is -0.137. The van der Waals surface area contributed by atoms with Gasteiger partial charge in [-0.3, -0.25) is 14.9 Å². The Kier molecular flexibility index (Phi) is 6.36. The summed E-state index contributed by atoms with van der Waals surface area (Å²) in [6.45, 7) is 2.06. The summed E-state index contributed by atoms with van der Waals surface area (Å²) in [5.74, 6) is -1.49. The first-order valence-corrected chi connectivity index (χ1v) is 4.71. The zero-order valence-electron chi connectivity index (χ0n) is 8.34. The van der Waals surface area contributed by atoms with E-state index >= 15 is 0 Å². The van der Waals surface area contributed by atoms with Crippen molar-refractivity contribution < 1.29 is 14.4 Å². The summed E-state index contributed by atoms with van der Waals surface area (Å²) in [4.78, 5) is 32.1. The number of amides is 3. The molecule has 5 heteroatoms. The highest BCUT2D eigenvalue weighted by Crippen LogP contribution is 2.02. The van der Waals surface area contributed by atoms with Crippen molar-refractivity contribution >= 4 is 17.7 Å². The van der Waals surface area contributed by atoms with E-state index in [4.69, 9.17) is 0 Å². The molecule has 3 N–H and O–H groups in total. The summed E-state index contributed by atoms with van der Waals surface area (Å²) in [6, 6.07) is -0.989. The van der Waals surface area contributed by atoms with Crippen LogP contribution in [0.15, 0.2) is 0 Å². The van der Waals surface area contributed by atoms with Crippen LogP contribution in [0.1, 0.15) is 39.0 Å². The molecule has 0 saturated carbocycles. The second kappa shape index (κ2) is 7.06. The molecule has 0 aliphatic heterocycles. The van der Waals surface area contributed by atoms with E-state index in [1.807, 2.05) is 0 Å². The maximum Gasteiger partial charge on any atom is 0.319 e. The minimum absolute atomic E-state index is 0.180. The summed E-state index contributed by atoms with van der Waals surface area (Å²) in [6.07, 6.45) is 3.90. The lowest BCUT2D eigenvalue weighted by atomic mass is 10.1. The Morgan fingerprint density at radius 3 is 2.29 bits per heavy atom. The number of carbonyl (C=O) groups is 3. The molecule has 80 valence electrons. The van der Waals surface area contributed by atoms with E-state index in [-0.39, 0.29) is 6.42 Å². The molecule has 0 aromatic heterocycles. The number of primary amides is 1. The number of rotatable bonds is 6. The lowest BCUT2D eigenvalue weighted by Crippen LogP contribution is -2.39. The third-order valence-corrected chi connectivity index (χ3v) is 1.75. The maximum atomic E-state index is 11.0. The number of ketones is 1. The van der Waals surface area contributed by atoms with E-state index in [1.165, 1.54) is 0 Å². The van der Waals surface area contributed by atoms with Crippen LogP contribution in [0.4, 0.5) is 4.79 Å². The number of imide groups is 1. The Morgan fingerprint density at radius 1 is 1.14 bits per heavy atom. The fourth-order valence-corrected chi connectivity index (χ4v) is 1.01. The molecule has 0 radical (unpaired) electrons. The van der Waals surface area contributed by atoms with Gasteiger partial charge < -0.3 is 5.73 Å². The summed E-state index contributed by atoms with van der Waals surface area (Å²) in [5.41, 5.74) is 4.68. The molecule has 0 aromatic rings. The molecular weight excluding hydrogens is 184 g/mol. The smallest absolute Gasteiger partial charge is 0.319 e. The largest absolute Gasteiger partial charge is 0.351 e. The zero-order valence-corrected chi connectivity index (χ0v) is 8.34. The van der Waals surface area contributed by atoms with Crippen molar-refractivity contribution in [2.24, 2.45) is 5.73 Å². The Balaban J connectivity index is 3.63. The molecule has 0 aliphatic rings. The minimum atomic E-state index is -0.989. The van der Waals surface area contributed by atoms with Gasteiger partial charge in [0, 0.05) is 6.42 Å². The van der Waals surface area contributed by atoms with Crippen LogP contribution in [0.2, 0.25) is 0 Å². The first-order chi connectivity index (χ1) is 6.57. The Labute approximate surface area is 83.0 Å². The van der Waals surface area contributed by atoms with E-state index < -0.39 is 17.7 Å². The van der Waals surface area contributed by atoms with Crippen molar-refractivity contribution in [2.45, 2.75) is 39.0 Å². The van der Waals surface area contributed by atoms with Crippen LogP contribution in [0.5, 0.6) is 0 Å². The second-order valence-electron chi connectivity index (χ2n) is 3.05. The number of urea groups is 1. The van der Waals surface area contributed by atoms with Crippen LogP contribution in [-0.4, -0.2) is 17.7 Å². The Hall–Kier alpha value is -1.39. The van der Waals surface area contributed by atoms with E-state index in [0.717, 1.165) is 19.3 Å². The van der Waals surface area contributed by atoms with Crippen LogP contribution in [0.3, 0.4) is 0 Å². The molecule has 3 amide bonds. The van der Waals surface area contributed by atoms with Crippen LogP contribution in [-0.2, 0) is 9.59 Å². The normalized spacial score (nSPS) is 9.50. The molecule has 5 nitrogen and oxygen atoms in total. The molecule has 0 heterocycles. The molecule has 0 fully saturated rings. The number of nitrogens with two attached hydrogens (primary N) is 1. The van der Waals surface area contributed by atoms with E-state index in [0.29, 0.717) is 6.42 Å². The molecule has 0 spiro atoms. The monoisotopic (exact) mass is 200 g/mol. The fraction of sp³-hybridized carbons (Fsp3) is 0.667. The quantitative estimate of drug-likeness (QED) is 0.489. The lowest BCUT2D eigenvalue weighted by Gasteiger charge is -1.99. The van der Waals surface area contributed by atoms with Crippen molar-refractivity contribution in [3.8, 4) is 0 Å². The van der Waals surface area contributed by atoms with E-state index in [1.54, 1.807) is 5.32 Å². The standard InChI is InChI=1S/C9H16N2O3/c1-2-3-4-5-6-7(12)8(13)11-9(10)14/h2-6H2,1H3,(H3,10,11,13,14). The van der Waals surface area contributed by atoms with Crippen LogP contribution >= 0.6 is 0 Å². The highest BCUT2D eigenvalue weighted by atomic mass is 16.2. The molecule has 0 unspecified atom stereocenters. The number of hydrogen-bond donors (Lipinski definition) is 2. The summed E-state index contributed by atoms with van der Waals surface area (Å²) < 4.78 is 0. The first kappa shape index (κ1) is 12.6. The van der Waals surface area contributed by atoms with Crippen molar-refractivity contribution in [1.82, 2.24) is 5.32 Å². The van der Waals surface area contributed by atoms with Crippen molar-refractivity contribution in [2.75, 3.05) is 0 Å². The Morgan fingerprint density at radius 2 is 1.79 bits per heavy atom. The van der Waals surface area contributed by atoms with Gasteiger partial charge in [-0.2, -0.15) is 0 Å². The van der Waals surface area contributed by atoms with Gasteiger partial charge in [0.15, 0.2) is 0 Å². The predicted octanol–water partition coefficient (Wildman–Crippen LogP) is 0.721. The van der Waals surface area contributed by atoms with Crippen LogP contribution < -0.4 is 11.1 Å². The molecule has 0 atom stereocenters. The number of nitrogens with one attached hydrogen (secondary N) is 1. The molecule has 14 heavy (non-hydrogen) atoms. The van der Waals surface area contributed by atoms with Crippen molar-refractivity contribution in [3.05, 3.63) is 0 Å². The van der Waals surface area contributed by atoms with Crippen molar-refractivity contribution in [3.63, 3.8) is 0 Å². The summed E-state index contributed by atoms with van der Waals surface area (Å²) in [7, 11) is 0. The first-order valence-electron chi connectivity index (χ1n) is 4.71. The average molecular weight is 200 g/mol. The third-order valence-electron chi connectivity index (χ3n) is 1.75. The zero-order chi connectivity index (χ0) is 11.0. The van der Waals surface area contributed by atoms with Gasteiger partial charge in [0.25, 0.3) is 5.91 Å².